The summed E-state index contributed by atoms with van der Waals surface area (Å²) in [5.41, 5.74) is 7.61. The lowest BCUT2D eigenvalue weighted by molar-refractivity contribution is -0.0470. The first kappa shape index (κ1) is 23.1. The Morgan fingerprint density at radius 2 is 2.06 bits per heavy atom. The summed E-state index contributed by atoms with van der Waals surface area (Å²) >= 11 is 0. The molecule has 3 heterocycles. The van der Waals surface area contributed by atoms with E-state index in [2.05, 4.69) is 26.9 Å². The first-order valence-electron chi connectivity index (χ1n) is 10.2. The van der Waals surface area contributed by atoms with Crippen molar-refractivity contribution < 1.29 is 27.6 Å². The Morgan fingerprint density at radius 3 is 2.76 bits per heavy atom. The molecule has 4 rings (SSSR count). The van der Waals surface area contributed by atoms with Crippen LogP contribution in [0.5, 0.6) is 0 Å². The average molecular weight is 474 g/mol. The van der Waals surface area contributed by atoms with Crippen LogP contribution < -0.4 is 5.73 Å². The number of aliphatic hydroxyl groups is 2. The molecule has 33 heavy (non-hydrogen) atoms. The van der Waals surface area contributed by atoms with Gasteiger partial charge in [-0.15, -0.1) is 0 Å². The summed E-state index contributed by atoms with van der Waals surface area (Å²) < 4.78 is 36.7. The van der Waals surface area contributed by atoms with Crippen LogP contribution in [0.1, 0.15) is 30.3 Å². The molecule has 1 aromatic carbocycles. The summed E-state index contributed by atoms with van der Waals surface area (Å²) in [5, 5.41) is 24.2. The van der Waals surface area contributed by atoms with E-state index in [1.54, 1.807) is 12.1 Å². The third-order valence-corrected chi connectivity index (χ3v) is 6.48. The second kappa shape index (κ2) is 9.42. The van der Waals surface area contributed by atoms with E-state index in [1.165, 1.54) is 23.1 Å². The molecule has 0 amide bonds. The van der Waals surface area contributed by atoms with E-state index >= 15 is 0 Å². The number of nitrogens with zero attached hydrogens (tertiary/aromatic N) is 4. The Hall–Kier alpha value is -3.08. The molecular weight excluding hydrogens is 450 g/mol. The number of nitrogen functional groups attached to an aromatic ring is 1. The summed E-state index contributed by atoms with van der Waals surface area (Å²) in [7, 11) is -3.87. The van der Waals surface area contributed by atoms with Gasteiger partial charge in [0.1, 0.15) is 23.9 Å². The minimum atomic E-state index is -3.87. The van der Waals surface area contributed by atoms with Gasteiger partial charge in [0.05, 0.1) is 29.6 Å². The van der Waals surface area contributed by atoms with Gasteiger partial charge in [-0.3, -0.25) is 4.18 Å². The first-order chi connectivity index (χ1) is 15.8. The van der Waals surface area contributed by atoms with E-state index < -0.39 is 28.6 Å². The second-order valence-corrected chi connectivity index (χ2v) is 9.12. The topological polar surface area (TPSA) is 163 Å². The van der Waals surface area contributed by atoms with Gasteiger partial charge < -0.3 is 20.7 Å². The Morgan fingerprint density at radius 1 is 1.30 bits per heavy atom. The number of hydrogen-bond acceptors (Lipinski definition) is 10. The van der Waals surface area contributed by atoms with Gasteiger partial charge in [0.2, 0.25) is 0 Å². The number of ether oxygens (including phenoxy) is 1. The van der Waals surface area contributed by atoms with E-state index in [4.69, 9.17) is 14.7 Å². The van der Waals surface area contributed by atoms with Crippen LogP contribution in [0.2, 0.25) is 0 Å². The van der Waals surface area contributed by atoms with Gasteiger partial charge in [-0.25, -0.2) is 14.6 Å². The Kier molecular flexibility index (Phi) is 6.59. The lowest BCUT2D eigenvalue weighted by Crippen LogP contribution is -2.24. The summed E-state index contributed by atoms with van der Waals surface area (Å²) in [6, 6.07) is 6.36. The molecule has 0 unspecified atom stereocenters. The van der Waals surface area contributed by atoms with Crippen LogP contribution in [-0.4, -0.2) is 63.8 Å². The van der Waals surface area contributed by atoms with Crippen LogP contribution in [0.4, 0.5) is 5.82 Å². The van der Waals surface area contributed by atoms with E-state index in [-0.39, 0.29) is 42.5 Å². The van der Waals surface area contributed by atoms with E-state index in [9.17, 15) is 18.6 Å². The highest BCUT2D eigenvalue weighted by Gasteiger charge is 2.36. The van der Waals surface area contributed by atoms with Crippen molar-refractivity contribution in [2.45, 2.75) is 43.1 Å². The smallest absolute Gasteiger partial charge is 0.297 e. The number of aryl methyl sites for hydroxylation is 1. The van der Waals surface area contributed by atoms with Crippen molar-refractivity contribution in [3.63, 3.8) is 0 Å². The third-order valence-electron chi connectivity index (χ3n) is 5.16. The lowest BCUT2D eigenvalue weighted by atomic mass is 10.2. The maximum Gasteiger partial charge on any atom is 0.297 e. The maximum atomic E-state index is 12.3. The zero-order valence-electron chi connectivity index (χ0n) is 17.7. The molecule has 0 aliphatic carbocycles. The minimum Gasteiger partial charge on any atom is -0.394 e. The molecule has 1 aliphatic heterocycles. The second-order valence-electron chi connectivity index (χ2n) is 7.51. The summed E-state index contributed by atoms with van der Waals surface area (Å²) in [6.45, 7) is 1.40. The Balaban J connectivity index is 1.50. The number of hydrogen-bond donors (Lipinski definition) is 3. The molecule has 0 saturated carbocycles. The zero-order chi connectivity index (χ0) is 23.6. The van der Waals surface area contributed by atoms with Crippen LogP contribution in [0, 0.1) is 18.8 Å². The lowest BCUT2D eigenvalue weighted by Gasteiger charge is -2.12. The van der Waals surface area contributed by atoms with Crippen molar-refractivity contribution in [1.29, 1.82) is 0 Å². The number of benzene rings is 1. The molecule has 2 aromatic heterocycles. The molecule has 0 bridgehead atoms. The predicted molar refractivity (Wildman–Crippen MR) is 117 cm³/mol. The van der Waals surface area contributed by atoms with Gasteiger partial charge in [-0.1, -0.05) is 23.6 Å². The number of aromatic nitrogens is 4. The molecule has 4 N–H and O–H groups in total. The van der Waals surface area contributed by atoms with E-state index in [0.717, 1.165) is 5.56 Å². The van der Waals surface area contributed by atoms with Gasteiger partial charge in [0.25, 0.3) is 10.1 Å². The minimum absolute atomic E-state index is 0.0793. The fourth-order valence-corrected chi connectivity index (χ4v) is 4.34. The van der Waals surface area contributed by atoms with Crippen LogP contribution in [0.15, 0.2) is 35.5 Å². The molecule has 0 radical (unpaired) electrons. The van der Waals surface area contributed by atoms with Crippen LogP contribution in [0.25, 0.3) is 11.0 Å². The molecule has 1 fully saturated rings. The number of rotatable bonds is 6. The van der Waals surface area contributed by atoms with Crippen LogP contribution in [0.3, 0.4) is 0 Å². The van der Waals surface area contributed by atoms with Crippen molar-refractivity contribution >= 4 is 27.0 Å². The van der Waals surface area contributed by atoms with Crippen molar-refractivity contribution in [3.05, 3.63) is 41.9 Å². The molecule has 3 aromatic rings. The van der Waals surface area contributed by atoms with E-state index in [0.29, 0.717) is 11.0 Å². The highest BCUT2D eigenvalue weighted by molar-refractivity contribution is 7.86. The predicted octanol–water partition coefficient (Wildman–Crippen LogP) is 0.505. The molecular formula is C21H23N5O6S. The standard InChI is InChI=1S/C21H23N5O6S/c1-13-5-7-14(8-6-13)33(29,30)31-9-3-2-4-15-19-20(22)23-12-24-21(19)26(25-15)18-10-16(28)17(11-27)32-18/h5-8,12,16-18,27-28H,3,9-11H2,1H3,(H2,22,23,24)/t16-,17+,18+/m0/s1. The highest BCUT2D eigenvalue weighted by Crippen LogP contribution is 2.32. The molecule has 12 heteroatoms. The molecule has 3 atom stereocenters. The molecule has 11 nitrogen and oxygen atoms in total. The molecule has 0 spiro atoms. The van der Waals surface area contributed by atoms with Gasteiger partial charge in [-0.05, 0) is 25.0 Å². The quantitative estimate of drug-likeness (QED) is 0.261. The van der Waals surface area contributed by atoms with Gasteiger partial charge in [0, 0.05) is 12.8 Å². The highest BCUT2D eigenvalue weighted by atomic mass is 32.2. The van der Waals surface area contributed by atoms with Gasteiger partial charge in [0.15, 0.2) is 11.9 Å². The number of fused-ring (bicyclic) bond motifs is 1. The number of anilines is 1. The van der Waals surface area contributed by atoms with Crippen molar-refractivity contribution in [2.24, 2.45) is 0 Å². The van der Waals surface area contributed by atoms with Crippen LogP contribution in [-0.2, 0) is 19.0 Å². The Bertz CT molecular complexity index is 1310. The number of nitrogens with two attached hydrogens (primary N) is 1. The van der Waals surface area contributed by atoms with Crippen LogP contribution >= 0.6 is 0 Å². The van der Waals surface area contributed by atoms with Gasteiger partial charge in [-0.2, -0.15) is 13.5 Å². The molecule has 1 aliphatic rings. The van der Waals surface area contributed by atoms with Crippen molar-refractivity contribution in [1.82, 2.24) is 19.7 Å². The summed E-state index contributed by atoms with van der Waals surface area (Å²) in [5.74, 6) is 5.86. The largest absolute Gasteiger partial charge is 0.394 e. The summed E-state index contributed by atoms with van der Waals surface area (Å²) in [4.78, 5) is 8.27. The monoisotopic (exact) mass is 473 g/mol. The fraction of sp³-hybridized carbons (Fsp3) is 0.381. The Labute approximate surface area is 190 Å². The fourth-order valence-electron chi connectivity index (χ4n) is 3.43. The third kappa shape index (κ3) is 4.82. The molecule has 174 valence electrons. The normalized spacial score (nSPS) is 20.6. The SMILES string of the molecule is Cc1ccc(S(=O)(=O)OCCC#Cc2nn([C@H]3C[C@H](O)[C@@H](CO)O3)c3ncnc(N)c23)cc1. The molecule has 1 saturated heterocycles. The van der Waals surface area contributed by atoms with E-state index in [1.807, 2.05) is 6.92 Å². The van der Waals surface area contributed by atoms with Gasteiger partial charge >= 0.3 is 0 Å². The zero-order valence-corrected chi connectivity index (χ0v) is 18.6. The average Bonchev–Trinajstić information content (AvgIpc) is 3.34. The summed E-state index contributed by atoms with van der Waals surface area (Å²) in [6.07, 6.45) is -0.614. The number of aliphatic hydroxyl groups excluding tert-OH is 2. The first-order valence-corrected chi connectivity index (χ1v) is 11.6. The van der Waals surface area contributed by atoms with Crippen molar-refractivity contribution in [2.75, 3.05) is 18.9 Å². The maximum absolute atomic E-state index is 12.3. The van der Waals surface area contributed by atoms with Crippen molar-refractivity contribution in [3.8, 4) is 11.8 Å².